The molecule has 5 heteroatoms. The maximum Gasteiger partial charge on any atom is 0.750 e. The van der Waals surface area contributed by atoms with Crippen LogP contribution in [0.5, 0.6) is 5.75 Å². The van der Waals surface area contributed by atoms with Gasteiger partial charge in [0.1, 0.15) is 6.61 Å². The first-order valence-electron chi connectivity index (χ1n) is 7.41. The van der Waals surface area contributed by atoms with Crippen LogP contribution in [0.2, 0.25) is 0 Å². The molecule has 0 bridgehead atoms. The summed E-state index contributed by atoms with van der Waals surface area (Å²) in [7, 11) is -2.28. The molecule has 120 valence electrons. The summed E-state index contributed by atoms with van der Waals surface area (Å²) in [5.74, 6) is 0.466. The van der Waals surface area contributed by atoms with Crippen LogP contribution in [0.25, 0.3) is 0 Å². The first-order valence-corrected chi connectivity index (χ1v) is 8.51. The van der Waals surface area contributed by atoms with Crippen LogP contribution in [0.15, 0.2) is 42.5 Å². The summed E-state index contributed by atoms with van der Waals surface area (Å²) in [6.45, 7) is 5.91. The third kappa shape index (κ3) is 4.98. The number of para-hydroxylation sites is 1. The summed E-state index contributed by atoms with van der Waals surface area (Å²) in [5.41, 5.74) is 3.76. The topological polar surface area (TPSA) is 52.6 Å². The first-order chi connectivity index (χ1) is 11.0. The van der Waals surface area contributed by atoms with Crippen molar-refractivity contribution in [3.8, 4) is 5.75 Å². The van der Waals surface area contributed by atoms with Crippen molar-refractivity contribution in [2.75, 3.05) is 6.61 Å². The second-order valence-electron chi connectivity index (χ2n) is 5.41. The van der Waals surface area contributed by atoms with Gasteiger partial charge in [-0.25, -0.2) is 4.52 Å². The van der Waals surface area contributed by atoms with E-state index in [2.05, 4.69) is 0 Å². The number of rotatable bonds is 7. The van der Waals surface area contributed by atoms with E-state index in [9.17, 15) is 9.36 Å². The van der Waals surface area contributed by atoms with Gasteiger partial charge in [-0.1, -0.05) is 35.9 Å². The predicted octanol–water partition coefficient (Wildman–Crippen LogP) is 4.94. The maximum absolute atomic E-state index is 12.3. The monoisotopic (exact) mass is 331 g/mol. The van der Waals surface area contributed by atoms with E-state index in [4.69, 9.17) is 9.05 Å². The van der Waals surface area contributed by atoms with Gasteiger partial charge in [-0.15, -0.1) is 4.52 Å². The van der Waals surface area contributed by atoms with Crippen LogP contribution in [0, 0.1) is 20.8 Å². The van der Waals surface area contributed by atoms with Crippen LogP contribution < -0.4 is 4.52 Å². The van der Waals surface area contributed by atoms with Gasteiger partial charge in [-0.05, 0) is 44.0 Å². The smallest absolute Gasteiger partial charge is 0.294 e. The van der Waals surface area contributed by atoms with Crippen LogP contribution in [-0.4, -0.2) is 12.4 Å². The molecule has 1 unspecified atom stereocenters. The van der Waals surface area contributed by atoms with Crippen molar-refractivity contribution < 1.29 is 18.4 Å². The molecule has 2 aromatic rings. The lowest BCUT2D eigenvalue weighted by Gasteiger charge is -2.09. The van der Waals surface area contributed by atoms with Gasteiger partial charge in [0.05, 0.1) is 0 Å². The molecule has 0 heterocycles. The summed E-state index contributed by atoms with van der Waals surface area (Å²) >= 11 is 0. The van der Waals surface area contributed by atoms with E-state index in [1.165, 1.54) is 0 Å². The second-order valence-corrected chi connectivity index (χ2v) is 6.30. The Kier molecular flexibility index (Phi) is 6.03. The maximum atomic E-state index is 12.3. The molecule has 0 aliphatic rings. The van der Waals surface area contributed by atoms with Crippen LogP contribution in [0.1, 0.15) is 33.5 Å². The minimum atomic E-state index is -2.28. The molecule has 0 N–H and O–H groups in total. The highest BCUT2D eigenvalue weighted by molar-refractivity contribution is 7.33. The van der Waals surface area contributed by atoms with Crippen molar-refractivity contribution in [3.05, 3.63) is 64.7 Å². The Morgan fingerprint density at radius 2 is 1.65 bits per heavy atom. The molecular weight excluding hydrogens is 311 g/mol. The zero-order chi connectivity index (χ0) is 16.8. The van der Waals surface area contributed by atoms with E-state index >= 15 is 0 Å². The average molecular weight is 331 g/mol. The molecule has 2 aromatic carbocycles. The molecule has 0 radical (unpaired) electrons. The number of carbonyl (C=O) groups is 1. The van der Waals surface area contributed by atoms with Crippen molar-refractivity contribution in [1.82, 2.24) is 0 Å². The van der Waals surface area contributed by atoms with Crippen LogP contribution in [0.4, 0.5) is 0 Å². The molecule has 0 aliphatic heterocycles. The van der Waals surface area contributed by atoms with E-state index in [0.29, 0.717) is 5.75 Å². The van der Waals surface area contributed by atoms with Crippen LogP contribution in [0.3, 0.4) is 0 Å². The molecule has 23 heavy (non-hydrogen) atoms. The van der Waals surface area contributed by atoms with E-state index in [1.54, 1.807) is 24.3 Å². The van der Waals surface area contributed by atoms with Gasteiger partial charge in [0.25, 0.3) is 0 Å². The standard InChI is InChI=1S/C18H20O4P/c1-13-11-14(2)18(15(3)12-13)17(19)9-10-21-23(20)22-16-7-5-4-6-8-16/h4-8,11-12H,9-10H2,1-3H3/q+1. The van der Waals surface area contributed by atoms with Gasteiger partial charge in [0, 0.05) is 16.5 Å². The fourth-order valence-electron chi connectivity index (χ4n) is 2.55. The fourth-order valence-corrected chi connectivity index (χ4v) is 3.14. The van der Waals surface area contributed by atoms with E-state index in [-0.39, 0.29) is 18.8 Å². The van der Waals surface area contributed by atoms with Gasteiger partial charge in [-0.3, -0.25) is 4.79 Å². The van der Waals surface area contributed by atoms with Gasteiger partial charge >= 0.3 is 8.25 Å². The Labute approximate surface area is 137 Å². The molecule has 0 aliphatic carbocycles. The Bertz CT molecular complexity index is 687. The highest BCUT2D eigenvalue weighted by Gasteiger charge is 2.23. The Balaban J connectivity index is 1.87. The Hall–Kier alpha value is -2.03. The molecule has 0 saturated carbocycles. The highest BCUT2D eigenvalue weighted by Crippen LogP contribution is 2.28. The number of aryl methyl sites for hydroxylation is 3. The average Bonchev–Trinajstić information content (AvgIpc) is 2.47. The molecule has 1 atom stereocenters. The lowest BCUT2D eigenvalue weighted by Crippen LogP contribution is -2.08. The zero-order valence-electron chi connectivity index (χ0n) is 13.5. The van der Waals surface area contributed by atoms with Crippen LogP contribution in [-0.2, 0) is 9.09 Å². The van der Waals surface area contributed by atoms with E-state index in [1.807, 2.05) is 39.0 Å². The van der Waals surface area contributed by atoms with Gasteiger partial charge in [0.15, 0.2) is 11.5 Å². The molecule has 0 aromatic heterocycles. The van der Waals surface area contributed by atoms with Crippen molar-refractivity contribution in [2.24, 2.45) is 0 Å². The summed E-state index contributed by atoms with van der Waals surface area (Å²) < 4.78 is 21.9. The zero-order valence-corrected chi connectivity index (χ0v) is 14.4. The number of benzene rings is 2. The van der Waals surface area contributed by atoms with E-state index in [0.717, 1.165) is 22.3 Å². The number of Topliss-reactive ketones (excluding diaryl/α,β-unsaturated/α-hetero) is 1. The fraction of sp³-hybridized carbons (Fsp3) is 0.278. The highest BCUT2D eigenvalue weighted by atomic mass is 31.1. The second kappa shape index (κ2) is 8.00. The quantitative estimate of drug-likeness (QED) is 0.533. The summed E-state index contributed by atoms with van der Waals surface area (Å²) in [5, 5.41) is 0. The predicted molar refractivity (Wildman–Crippen MR) is 90.2 cm³/mol. The van der Waals surface area contributed by atoms with Gasteiger partial charge in [0.2, 0.25) is 0 Å². The molecule has 0 spiro atoms. The summed E-state index contributed by atoms with van der Waals surface area (Å²) in [6.07, 6.45) is 0.171. The minimum absolute atomic E-state index is 0.0110. The summed E-state index contributed by atoms with van der Waals surface area (Å²) in [6, 6.07) is 12.8. The van der Waals surface area contributed by atoms with Gasteiger partial charge < -0.3 is 0 Å². The molecule has 0 saturated heterocycles. The molecule has 0 amide bonds. The third-order valence-electron chi connectivity index (χ3n) is 3.40. The van der Waals surface area contributed by atoms with Crippen molar-refractivity contribution in [3.63, 3.8) is 0 Å². The Morgan fingerprint density at radius 3 is 2.26 bits per heavy atom. The van der Waals surface area contributed by atoms with Gasteiger partial charge in [-0.2, -0.15) is 0 Å². The van der Waals surface area contributed by atoms with Crippen molar-refractivity contribution in [2.45, 2.75) is 27.2 Å². The molecule has 2 rings (SSSR count). The third-order valence-corrected chi connectivity index (χ3v) is 4.16. The normalized spacial score (nSPS) is 11.2. The molecule has 4 nitrogen and oxygen atoms in total. The van der Waals surface area contributed by atoms with Crippen molar-refractivity contribution in [1.29, 1.82) is 0 Å². The van der Waals surface area contributed by atoms with Crippen molar-refractivity contribution >= 4 is 14.0 Å². The molecular formula is C18H20O4P+. The number of carbonyl (C=O) groups excluding carboxylic acids is 1. The minimum Gasteiger partial charge on any atom is -0.294 e. The first kappa shape index (κ1) is 17.3. The number of ketones is 1. The lowest BCUT2D eigenvalue weighted by atomic mass is 9.95. The largest absolute Gasteiger partial charge is 0.750 e. The van der Waals surface area contributed by atoms with Crippen LogP contribution >= 0.6 is 8.25 Å². The molecule has 0 fully saturated rings. The number of hydrogen-bond donors (Lipinski definition) is 0. The number of hydrogen-bond acceptors (Lipinski definition) is 4. The lowest BCUT2D eigenvalue weighted by molar-refractivity contribution is 0.0961. The van der Waals surface area contributed by atoms with E-state index < -0.39 is 8.25 Å². The SMILES string of the molecule is Cc1cc(C)c(C(=O)CCO[P+](=O)Oc2ccccc2)c(C)c1. The Morgan fingerprint density at radius 1 is 1.04 bits per heavy atom. The summed E-state index contributed by atoms with van der Waals surface area (Å²) in [4.78, 5) is 12.3.